The van der Waals surface area contributed by atoms with Gasteiger partial charge in [-0.1, -0.05) is 19.6 Å². The third kappa shape index (κ3) is 8.91. The number of aliphatic imine (C=N–C) groups is 1. The molecule has 0 aromatic heterocycles. The molecule has 0 bridgehead atoms. The number of nitrogens with zero attached hydrogens (tertiary/aromatic N) is 1. The third-order valence-electron chi connectivity index (χ3n) is 2.78. The molecule has 0 fully saturated rings. The Bertz CT molecular complexity index is 353. The normalized spacial score (nSPS) is 14.9. The summed E-state index contributed by atoms with van der Waals surface area (Å²) in [7, 11) is 0. The van der Waals surface area contributed by atoms with E-state index in [9.17, 15) is 4.79 Å². The molecule has 0 aromatic rings. The van der Waals surface area contributed by atoms with Crippen molar-refractivity contribution in [1.82, 2.24) is 0 Å². The lowest BCUT2D eigenvalue weighted by atomic mass is 9.99. The second-order valence-electron chi connectivity index (χ2n) is 4.35. The van der Waals surface area contributed by atoms with Gasteiger partial charge in [0.25, 0.3) is 0 Å². The van der Waals surface area contributed by atoms with Crippen LogP contribution in [0.15, 0.2) is 28.3 Å². The molecular weight excluding hydrogens is 322 g/mol. The minimum absolute atomic E-state index is 0.0122. The fourth-order valence-electron chi connectivity index (χ4n) is 1.55. The number of allylic oxidation sites excluding steroid dienone is 2. The van der Waals surface area contributed by atoms with Crippen LogP contribution in [0.4, 0.5) is 0 Å². The molecule has 0 radical (unpaired) electrons. The third-order valence-corrected chi connectivity index (χ3v) is 3.31. The van der Waals surface area contributed by atoms with Crippen LogP contribution in [0.25, 0.3) is 0 Å². The van der Waals surface area contributed by atoms with Crippen LogP contribution in [-0.4, -0.2) is 25.1 Å². The van der Waals surface area contributed by atoms with E-state index < -0.39 is 0 Å². The Balaban J connectivity index is 4.05. The number of hydrogen-bond acceptors (Lipinski definition) is 4. The molecule has 0 heterocycles. The first kappa shape index (κ1) is 18.9. The first-order valence-electron chi connectivity index (χ1n) is 6.86. The predicted molar refractivity (Wildman–Crippen MR) is 85.9 cm³/mol. The first-order valence-corrected chi connectivity index (χ1v) is 7.66. The fraction of sp³-hybridized carbons (Fsp3) is 0.600. The van der Waals surface area contributed by atoms with Crippen LogP contribution >= 0.6 is 15.9 Å². The van der Waals surface area contributed by atoms with Crippen molar-refractivity contribution >= 4 is 28.3 Å². The maximum atomic E-state index is 11.6. The van der Waals surface area contributed by atoms with Crippen LogP contribution in [0.5, 0.6) is 0 Å². The van der Waals surface area contributed by atoms with Gasteiger partial charge in [0.15, 0.2) is 6.40 Å². The SMILES string of the molecule is C=C/C(Br)=C\N=COC(C)CCC(CC)C(=O)OCC. The van der Waals surface area contributed by atoms with Gasteiger partial charge < -0.3 is 9.47 Å². The Labute approximate surface area is 130 Å². The molecule has 0 N–H and O–H groups in total. The van der Waals surface area contributed by atoms with E-state index in [-0.39, 0.29) is 18.0 Å². The van der Waals surface area contributed by atoms with Crippen LogP contribution in [-0.2, 0) is 14.3 Å². The van der Waals surface area contributed by atoms with E-state index in [1.807, 2.05) is 20.8 Å². The van der Waals surface area contributed by atoms with Gasteiger partial charge >= 0.3 is 5.97 Å². The van der Waals surface area contributed by atoms with Crippen molar-refractivity contribution in [3.63, 3.8) is 0 Å². The van der Waals surface area contributed by atoms with Gasteiger partial charge in [-0.15, -0.1) is 0 Å². The standard InChI is InChI=1S/C15H24BrNO3/c1-5-13(15(18)19-7-3)9-8-12(4)20-11-17-10-14(16)6-2/h6,10-13H,2,5,7-9H2,1,3-4H3/b14-10+,17-11?. The highest BCUT2D eigenvalue weighted by molar-refractivity contribution is 9.11. The summed E-state index contributed by atoms with van der Waals surface area (Å²) in [6.07, 6.45) is 7.00. The molecule has 4 nitrogen and oxygen atoms in total. The average Bonchev–Trinajstić information content (AvgIpc) is 2.44. The lowest BCUT2D eigenvalue weighted by Gasteiger charge is -2.16. The Hall–Kier alpha value is -1.10. The van der Waals surface area contributed by atoms with E-state index >= 15 is 0 Å². The molecule has 2 atom stereocenters. The van der Waals surface area contributed by atoms with Gasteiger partial charge in [-0.3, -0.25) is 4.79 Å². The zero-order chi connectivity index (χ0) is 15.4. The maximum Gasteiger partial charge on any atom is 0.308 e. The van der Waals surface area contributed by atoms with E-state index in [0.717, 1.165) is 23.7 Å². The number of rotatable bonds is 10. The summed E-state index contributed by atoms with van der Waals surface area (Å²) in [4.78, 5) is 15.6. The molecule has 20 heavy (non-hydrogen) atoms. The number of ether oxygens (including phenoxy) is 2. The zero-order valence-corrected chi connectivity index (χ0v) is 14.1. The molecule has 0 rings (SSSR count). The van der Waals surface area contributed by atoms with E-state index in [4.69, 9.17) is 9.47 Å². The van der Waals surface area contributed by atoms with E-state index in [0.29, 0.717) is 6.61 Å². The maximum absolute atomic E-state index is 11.6. The highest BCUT2D eigenvalue weighted by Gasteiger charge is 2.18. The van der Waals surface area contributed by atoms with Crippen LogP contribution in [0.3, 0.4) is 0 Å². The molecule has 0 aliphatic carbocycles. The summed E-state index contributed by atoms with van der Waals surface area (Å²) in [6.45, 7) is 9.79. The van der Waals surface area contributed by atoms with Gasteiger partial charge in [0.05, 0.1) is 18.6 Å². The van der Waals surface area contributed by atoms with Gasteiger partial charge in [0.1, 0.15) is 0 Å². The average molecular weight is 346 g/mol. The van der Waals surface area contributed by atoms with Crippen molar-refractivity contribution in [3.05, 3.63) is 23.3 Å². The second kappa shape index (κ2) is 11.7. The highest BCUT2D eigenvalue weighted by atomic mass is 79.9. The lowest BCUT2D eigenvalue weighted by Crippen LogP contribution is -2.19. The quantitative estimate of drug-likeness (QED) is 0.258. The minimum atomic E-state index is -0.117. The van der Waals surface area contributed by atoms with Crippen LogP contribution in [0, 0.1) is 5.92 Å². The summed E-state index contributed by atoms with van der Waals surface area (Å²) in [5.41, 5.74) is 0. The molecular formula is C15H24BrNO3. The molecule has 5 heteroatoms. The predicted octanol–water partition coefficient (Wildman–Crippen LogP) is 4.21. The molecule has 0 aliphatic heterocycles. The molecule has 0 spiro atoms. The monoisotopic (exact) mass is 345 g/mol. The smallest absolute Gasteiger partial charge is 0.308 e. The summed E-state index contributed by atoms with van der Waals surface area (Å²) in [5.74, 6) is -0.165. The molecule has 0 saturated heterocycles. The lowest BCUT2D eigenvalue weighted by molar-refractivity contribution is -0.148. The summed E-state index contributed by atoms with van der Waals surface area (Å²) in [6, 6.07) is 0. The van der Waals surface area contributed by atoms with E-state index in [1.165, 1.54) is 6.40 Å². The van der Waals surface area contributed by atoms with Crippen molar-refractivity contribution in [1.29, 1.82) is 0 Å². The molecule has 0 aromatic carbocycles. The molecule has 0 saturated carbocycles. The van der Waals surface area contributed by atoms with Crippen LogP contribution in [0.1, 0.15) is 40.0 Å². The second-order valence-corrected chi connectivity index (χ2v) is 5.27. The zero-order valence-electron chi connectivity index (χ0n) is 12.5. The summed E-state index contributed by atoms with van der Waals surface area (Å²) < 4.78 is 11.3. The molecule has 0 aliphatic rings. The van der Waals surface area contributed by atoms with E-state index in [2.05, 4.69) is 27.5 Å². The fourth-order valence-corrected chi connectivity index (χ4v) is 1.66. The van der Waals surface area contributed by atoms with Crippen molar-refractivity contribution in [3.8, 4) is 0 Å². The minimum Gasteiger partial charge on any atom is -0.480 e. The molecule has 0 amide bonds. The van der Waals surface area contributed by atoms with Crippen molar-refractivity contribution < 1.29 is 14.3 Å². The van der Waals surface area contributed by atoms with Gasteiger partial charge in [-0.2, -0.15) is 0 Å². The van der Waals surface area contributed by atoms with Crippen molar-refractivity contribution in [2.24, 2.45) is 10.9 Å². The van der Waals surface area contributed by atoms with Gasteiger partial charge in [-0.05, 0) is 49.0 Å². The number of halogens is 1. The van der Waals surface area contributed by atoms with Crippen molar-refractivity contribution in [2.45, 2.75) is 46.1 Å². The summed E-state index contributed by atoms with van der Waals surface area (Å²) >= 11 is 3.26. The number of hydrogen-bond donors (Lipinski definition) is 0. The molecule has 114 valence electrons. The summed E-state index contributed by atoms with van der Waals surface area (Å²) in [5, 5.41) is 0. The Kier molecular flexibility index (Phi) is 11.1. The molecule has 2 unspecified atom stereocenters. The van der Waals surface area contributed by atoms with Crippen LogP contribution < -0.4 is 0 Å². The topological polar surface area (TPSA) is 47.9 Å². The number of carbonyl (C=O) groups is 1. The van der Waals surface area contributed by atoms with Gasteiger partial charge in [0, 0.05) is 10.7 Å². The van der Waals surface area contributed by atoms with Crippen LogP contribution in [0.2, 0.25) is 0 Å². The largest absolute Gasteiger partial charge is 0.480 e. The highest BCUT2D eigenvalue weighted by Crippen LogP contribution is 2.15. The van der Waals surface area contributed by atoms with Gasteiger partial charge in [0.2, 0.25) is 0 Å². The van der Waals surface area contributed by atoms with Crippen molar-refractivity contribution in [2.75, 3.05) is 6.61 Å². The Morgan fingerprint density at radius 2 is 2.10 bits per heavy atom. The Morgan fingerprint density at radius 1 is 1.40 bits per heavy atom. The number of carbonyl (C=O) groups excluding carboxylic acids is 1. The van der Waals surface area contributed by atoms with E-state index in [1.54, 1.807) is 12.3 Å². The van der Waals surface area contributed by atoms with Gasteiger partial charge in [-0.25, -0.2) is 4.99 Å². The Morgan fingerprint density at radius 3 is 2.65 bits per heavy atom. The number of esters is 1. The first-order chi connectivity index (χ1) is 9.54.